The highest BCUT2D eigenvalue weighted by Gasteiger charge is 2.05. The zero-order valence-corrected chi connectivity index (χ0v) is 6.43. The van der Waals surface area contributed by atoms with Gasteiger partial charge in [0.15, 0.2) is 0 Å². The molecule has 0 amide bonds. The first-order chi connectivity index (χ1) is 4.22. The first kappa shape index (κ1) is 12.2. The van der Waals surface area contributed by atoms with Crippen LogP contribution in [-0.2, 0) is 0 Å². The molecule has 0 heterocycles. The van der Waals surface area contributed by atoms with Crippen LogP contribution < -0.4 is 0 Å². The maximum Gasteiger partial charge on any atom is -0.0179 e. The number of rotatable bonds is 4. The van der Waals surface area contributed by atoms with Gasteiger partial charge in [-0.1, -0.05) is 33.4 Å². The summed E-state index contributed by atoms with van der Waals surface area (Å²) in [5.74, 6) is 1.31. The third-order valence-corrected chi connectivity index (χ3v) is 1.60. The molecule has 0 aliphatic carbocycles. The zero-order chi connectivity index (χ0) is 7.28. The van der Waals surface area contributed by atoms with Gasteiger partial charge in [-0.15, -0.1) is 13.2 Å². The third kappa shape index (κ3) is 4.37. The topological polar surface area (TPSA) is 0 Å². The van der Waals surface area contributed by atoms with Crippen molar-refractivity contribution >= 4 is 0 Å². The fourth-order valence-electron chi connectivity index (χ4n) is 0.833. The zero-order valence-electron chi connectivity index (χ0n) is 6.43. The van der Waals surface area contributed by atoms with Crippen LogP contribution in [0.25, 0.3) is 0 Å². The minimum absolute atomic E-state index is 0. The summed E-state index contributed by atoms with van der Waals surface area (Å²) in [5, 5.41) is 0. The molecule has 60 valence electrons. The lowest BCUT2D eigenvalue weighted by Crippen LogP contribution is -2.02. The highest BCUT2D eigenvalue weighted by atomic mass is 14.1. The summed E-state index contributed by atoms with van der Waals surface area (Å²) in [6.45, 7) is 11.8. The molecular formula is C10H20. The molecule has 0 aliphatic rings. The maximum atomic E-state index is 3.75. The van der Waals surface area contributed by atoms with E-state index in [1.807, 2.05) is 12.2 Å². The van der Waals surface area contributed by atoms with Crippen molar-refractivity contribution in [3.63, 3.8) is 0 Å². The van der Waals surface area contributed by atoms with Crippen molar-refractivity contribution in [1.29, 1.82) is 0 Å². The molecule has 0 spiro atoms. The monoisotopic (exact) mass is 140 g/mol. The Balaban J connectivity index is 0. The van der Waals surface area contributed by atoms with Crippen molar-refractivity contribution in [2.24, 2.45) is 11.8 Å². The summed E-state index contributed by atoms with van der Waals surface area (Å²) in [4.78, 5) is 0. The Morgan fingerprint density at radius 1 is 1.30 bits per heavy atom. The molecular weight excluding hydrogens is 120 g/mol. The average Bonchev–Trinajstić information content (AvgIpc) is 1.82. The molecule has 10 heavy (non-hydrogen) atoms. The van der Waals surface area contributed by atoms with Gasteiger partial charge in [0.05, 0.1) is 0 Å². The van der Waals surface area contributed by atoms with Crippen molar-refractivity contribution in [3.05, 3.63) is 25.3 Å². The van der Waals surface area contributed by atoms with Crippen LogP contribution in [0.15, 0.2) is 25.3 Å². The van der Waals surface area contributed by atoms with Gasteiger partial charge in [-0.2, -0.15) is 0 Å². The van der Waals surface area contributed by atoms with Crippen LogP contribution in [0.2, 0.25) is 0 Å². The minimum Gasteiger partial charge on any atom is -0.103 e. The molecule has 0 radical (unpaired) electrons. The summed E-state index contributed by atoms with van der Waals surface area (Å²) in [6.07, 6.45) is 5.01. The van der Waals surface area contributed by atoms with E-state index in [2.05, 4.69) is 27.0 Å². The minimum atomic E-state index is 0. The van der Waals surface area contributed by atoms with Gasteiger partial charge in [0, 0.05) is 0 Å². The standard InChI is InChI=1S/C9H16.CH4/c1-5-7-9(6-2)8(3)4;/h5-6,8-9H,1-2,7H2,3-4H3;1H4/t9-;/m1./s1. The Labute approximate surface area is 65.7 Å². The lowest BCUT2D eigenvalue weighted by molar-refractivity contribution is 0.471. The second-order valence-electron chi connectivity index (χ2n) is 2.67. The Hall–Kier alpha value is -0.520. The Kier molecular flexibility index (Phi) is 8.04. The largest absolute Gasteiger partial charge is 0.103 e. The van der Waals surface area contributed by atoms with Crippen molar-refractivity contribution in [2.75, 3.05) is 0 Å². The summed E-state index contributed by atoms with van der Waals surface area (Å²) in [6, 6.07) is 0. The van der Waals surface area contributed by atoms with E-state index >= 15 is 0 Å². The summed E-state index contributed by atoms with van der Waals surface area (Å²) >= 11 is 0. The predicted molar refractivity (Wildman–Crippen MR) is 50.1 cm³/mol. The fraction of sp³-hybridized carbons (Fsp3) is 0.600. The summed E-state index contributed by atoms with van der Waals surface area (Å²) in [7, 11) is 0. The molecule has 0 nitrogen and oxygen atoms in total. The average molecular weight is 140 g/mol. The Morgan fingerprint density at radius 3 is 1.90 bits per heavy atom. The second-order valence-corrected chi connectivity index (χ2v) is 2.67. The molecule has 0 N–H and O–H groups in total. The first-order valence-electron chi connectivity index (χ1n) is 3.45. The molecule has 0 aromatic carbocycles. The molecule has 0 bridgehead atoms. The van der Waals surface area contributed by atoms with Gasteiger partial charge in [0.25, 0.3) is 0 Å². The van der Waals surface area contributed by atoms with Crippen LogP contribution in [0.5, 0.6) is 0 Å². The Bertz CT molecular complexity index is 90.2. The van der Waals surface area contributed by atoms with Crippen LogP contribution in [0.4, 0.5) is 0 Å². The van der Waals surface area contributed by atoms with Crippen molar-refractivity contribution in [2.45, 2.75) is 27.7 Å². The van der Waals surface area contributed by atoms with Crippen molar-refractivity contribution < 1.29 is 0 Å². The van der Waals surface area contributed by atoms with Crippen molar-refractivity contribution in [3.8, 4) is 0 Å². The van der Waals surface area contributed by atoms with Crippen LogP contribution >= 0.6 is 0 Å². The van der Waals surface area contributed by atoms with E-state index in [0.717, 1.165) is 6.42 Å². The van der Waals surface area contributed by atoms with Gasteiger partial charge in [-0.25, -0.2) is 0 Å². The van der Waals surface area contributed by atoms with Gasteiger partial charge in [-0.05, 0) is 18.3 Å². The van der Waals surface area contributed by atoms with Gasteiger partial charge < -0.3 is 0 Å². The molecule has 0 unspecified atom stereocenters. The van der Waals surface area contributed by atoms with Crippen molar-refractivity contribution in [1.82, 2.24) is 0 Å². The Morgan fingerprint density at radius 2 is 1.80 bits per heavy atom. The van der Waals surface area contributed by atoms with Gasteiger partial charge in [-0.3, -0.25) is 0 Å². The van der Waals surface area contributed by atoms with Crippen LogP contribution in [0.1, 0.15) is 27.7 Å². The molecule has 0 aromatic heterocycles. The van der Waals surface area contributed by atoms with Crippen LogP contribution in [0.3, 0.4) is 0 Å². The molecule has 0 fully saturated rings. The number of allylic oxidation sites excluding steroid dienone is 2. The van der Waals surface area contributed by atoms with Gasteiger partial charge in [0.2, 0.25) is 0 Å². The molecule has 0 heteroatoms. The maximum absolute atomic E-state index is 3.75. The normalized spacial score (nSPS) is 11.9. The van der Waals surface area contributed by atoms with Crippen LogP contribution in [0, 0.1) is 11.8 Å². The summed E-state index contributed by atoms with van der Waals surface area (Å²) in [5.41, 5.74) is 0. The van der Waals surface area contributed by atoms with E-state index in [-0.39, 0.29) is 7.43 Å². The quantitative estimate of drug-likeness (QED) is 0.523. The number of hydrogen-bond acceptors (Lipinski definition) is 0. The third-order valence-electron chi connectivity index (χ3n) is 1.60. The van der Waals surface area contributed by atoms with Gasteiger partial charge >= 0.3 is 0 Å². The highest BCUT2D eigenvalue weighted by Crippen LogP contribution is 2.15. The lowest BCUT2D eigenvalue weighted by atomic mass is 9.93. The fourth-order valence-corrected chi connectivity index (χ4v) is 0.833. The second kappa shape index (κ2) is 6.60. The van der Waals surface area contributed by atoms with E-state index in [1.54, 1.807) is 0 Å². The molecule has 0 saturated heterocycles. The summed E-state index contributed by atoms with van der Waals surface area (Å²) < 4.78 is 0. The lowest BCUT2D eigenvalue weighted by Gasteiger charge is -2.12. The van der Waals surface area contributed by atoms with E-state index in [1.165, 1.54) is 0 Å². The van der Waals surface area contributed by atoms with E-state index < -0.39 is 0 Å². The van der Waals surface area contributed by atoms with E-state index in [0.29, 0.717) is 11.8 Å². The van der Waals surface area contributed by atoms with Crippen LogP contribution in [-0.4, -0.2) is 0 Å². The first-order valence-corrected chi connectivity index (χ1v) is 3.45. The van der Waals surface area contributed by atoms with E-state index in [9.17, 15) is 0 Å². The molecule has 1 atom stereocenters. The molecule has 0 aliphatic heterocycles. The molecule has 0 rings (SSSR count). The molecule has 0 aromatic rings. The van der Waals surface area contributed by atoms with Gasteiger partial charge in [0.1, 0.15) is 0 Å². The SMILES string of the molecule is C.C=CC[C@@H](C=C)C(C)C. The molecule has 0 saturated carbocycles. The smallest absolute Gasteiger partial charge is 0.0179 e. The van der Waals surface area contributed by atoms with E-state index in [4.69, 9.17) is 0 Å². The predicted octanol–water partition coefficient (Wildman–Crippen LogP) is 3.66. The number of hydrogen-bond donors (Lipinski definition) is 0. The highest BCUT2D eigenvalue weighted by molar-refractivity contribution is 4.86.